The van der Waals surface area contributed by atoms with Gasteiger partial charge in [0.1, 0.15) is 0 Å². The monoisotopic (exact) mass is 201 g/mol. The van der Waals surface area contributed by atoms with Crippen molar-refractivity contribution in [2.75, 3.05) is 7.11 Å². The molecule has 0 saturated carbocycles. The Morgan fingerprint density at radius 1 is 1.69 bits per heavy atom. The van der Waals surface area contributed by atoms with Crippen LogP contribution >= 0.6 is 11.3 Å². The van der Waals surface area contributed by atoms with Crippen molar-refractivity contribution in [3.05, 3.63) is 16.6 Å². The molecule has 3 nitrogen and oxygen atoms in total. The van der Waals surface area contributed by atoms with Gasteiger partial charge in [-0.2, -0.15) is 0 Å². The van der Waals surface area contributed by atoms with Crippen molar-refractivity contribution in [2.45, 2.75) is 32.0 Å². The molecule has 0 saturated heterocycles. The number of aromatic nitrogens is 1. The van der Waals surface area contributed by atoms with Crippen LogP contribution in [-0.2, 0) is 11.2 Å². The Bertz CT molecular complexity index is 226. The molecule has 1 rings (SSSR count). The van der Waals surface area contributed by atoms with Gasteiger partial charge in [-0.25, -0.2) is 0 Å². The Labute approximate surface area is 82.4 Å². The lowest BCUT2D eigenvalue weighted by atomic mass is 10.1. The number of nitrogens with zero attached hydrogens (tertiary/aromatic N) is 1. The van der Waals surface area contributed by atoms with E-state index in [0.717, 1.165) is 4.88 Å². The molecule has 0 fully saturated rings. The van der Waals surface area contributed by atoms with E-state index in [1.54, 1.807) is 30.2 Å². The number of rotatable bonds is 5. The molecule has 0 amide bonds. The number of methoxy groups -OCH3 is 1. The average molecular weight is 201 g/mol. The number of thiazole rings is 1. The highest BCUT2D eigenvalue weighted by Gasteiger charge is 2.10. The SMILES string of the molecule is COC(C)CC(O)Cc1cncs1. The largest absolute Gasteiger partial charge is 0.393 e. The summed E-state index contributed by atoms with van der Waals surface area (Å²) in [5, 5.41) is 9.62. The predicted molar refractivity (Wildman–Crippen MR) is 52.9 cm³/mol. The van der Waals surface area contributed by atoms with Crippen LogP contribution < -0.4 is 0 Å². The molecule has 1 aromatic heterocycles. The Hall–Kier alpha value is -0.450. The molecule has 0 bridgehead atoms. The second-order valence-electron chi connectivity index (χ2n) is 3.11. The van der Waals surface area contributed by atoms with Crippen LogP contribution in [0, 0.1) is 0 Å². The lowest BCUT2D eigenvalue weighted by molar-refractivity contribution is 0.0568. The van der Waals surface area contributed by atoms with Gasteiger partial charge in [0.25, 0.3) is 0 Å². The fraction of sp³-hybridized carbons (Fsp3) is 0.667. The van der Waals surface area contributed by atoms with Crippen LogP contribution in [0.1, 0.15) is 18.2 Å². The lowest BCUT2D eigenvalue weighted by Gasteiger charge is -2.13. The fourth-order valence-corrected chi connectivity index (χ4v) is 1.81. The molecular weight excluding hydrogens is 186 g/mol. The number of aliphatic hydroxyl groups is 1. The van der Waals surface area contributed by atoms with Gasteiger partial charge in [-0.15, -0.1) is 11.3 Å². The van der Waals surface area contributed by atoms with Crippen LogP contribution in [0.3, 0.4) is 0 Å². The molecular formula is C9H15NO2S. The molecule has 2 atom stereocenters. The number of aliphatic hydroxyl groups excluding tert-OH is 1. The van der Waals surface area contributed by atoms with Crippen molar-refractivity contribution in [3.8, 4) is 0 Å². The van der Waals surface area contributed by atoms with Crippen molar-refractivity contribution in [1.29, 1.82) is 0 Å². The number of ether oxygens (including phenoxy) is 1. The maximum atomic E-state index is 9.62. The molecule has 1 heterocycles. The Morgan fingerprint density at radius 2 is 2.46 bits per heavy atom. The van der Waals surface area contributed by atoms with Crippen LogP contribution in [0.25, 0.3) is 0 Å². The summed E-state index contributed by atoms with van der Waals surface area (Å²) >= 11 is 1.57. The zero-order chi connectivity index (χ0) is 9.68. The van der Waals surface area contributed by atoms with E-state index in [2.05, 4.69) is 4.98 Å². The maximum absolute atomic E-state index is 9.62. The molecule has 0 aliphatic rings. The first-order chi connectivity index (χ1) is 6.22. The molecule has 1 aromatic rings. The van der Waals surface area contributed by atoms with Gasteiger partial charge in [0.05, 0.1) is 17.7 Å². The Morgan fingerprint density at radius 3 is 3.00 bits per heavy atom. The first kappa shape index (κ1) is 10.6. The van der Waals surface area contributed by atoms with Crippen molar-refractivity contribution in [2.24, 2.45) is 0 Å². The molecule has 0 radical (unpaired) electrons. The van der Waals surface area contributed by atoms with Gasteiger partial charge in [-0.3, -0.25) is 4.98 Å². The topological polar surface area (TPSA) is 42.4 Å². The van der Waals surface area contributed by atoms with E-state index in [1.807, 2.05) is 6.92 Å². The Balaban J connectivity index is 2.29. The number of hydrogen-bond donors (Lipinski definition) is 1. The van der Waals surface area contributed by atoms with Crippen molar-refractivity contribution in [1.82, 2.24) is 4.98 Å². The summed E-state index contributed by atoms with van der Waals surface area (Å²) < 4.78 is 5.07. The normalized spacial score (nSPS) is 15.6. The summed E-state index contributed by atoms with van der Waals surface area (Å²) in [4.78, 5) is 5.07. The highest BCUT2D eigenvalue weighted by molar-refractivity contribution is 7.09. The third-order valence-electron chi connectivity index (χ3n) is 1.93. The minimum absolute atomic E-state index is 0.114. The second-order valence-corrected chi connectivity index (χ2v) is 4.08. The quantitative estimate of drug-likeness (QED) is 0.784. The molecule has 4 heteroatoms. The van der Waals surface area contributed by atoms with Crippen molar-refractivity contribution < 1.29 is 9.84 Å². The summed E-state index contributed by atoms with van der Waals surface area (Å²) in [7, 11) is 1.66. The van der Waals surface area contributed by atoms with Gasteiger partial charge in [0.2, 0.25) is 0 Å². The average Bonchev–Trinajstić information content (AvgIpc) is 2.56. The van der Waals surface area contributed by atoms with E-state index in [0.29, 0.717) is 12.8 Å². The van der Waals surface area contributed by atoms with Crippen molar-refractivity contribution in [3.63, 3.8) is 0 Å². The van der Waals surface area contributed by atoms with E-state index in [9.17, 15) is 5.11 Å². The van der Waals surface area contributed by atoms with Crippen LogP contribution in [0.2, 0.25) is 0 Å². The van der Waals surface area contributed by atoms with E-state index in [-0.39, 0.29) is 12.2 Å². The third-order valence-corrected chi connectivity index (χ3v) is 2.73. The fourth-order valence-electron chi connectivity index (χ4n) is 1.14. The summed E-state index contributed by atoms with van der Waals surface area (Å²) in [6.07, 6.45) is 2.94. The molecule has 2 unspecified atom stereocenters. The van der Waals surface area contributed by atoms with Gasteiger partial charge in [-0.1, -0.05) is 0 Å². The molecule has 1 N–H and O–H groups in total. The maximum Gasteiger partial charge on any atom is 0.0794 e. The van der Waals surface area contributed by atoms with Crippen molar-refractivity contribution >= 4 is 11.3 Å². The van der Waals surface area contributed by atoms with E-state index in [4.69, 9.17) is 4.74 Å². The molecule has 13 heavy (non-hydrogen) atoms. The molecule has 0 aromatic carbocycles. The zero-order valence-electron chi connectivity index (χ0n) is 7.93. The van der Waals surface area contributed by atoms with Crippen LogP contribution in [-0.4, -0.2) is 29.4 Å². The minimum atomic E-state index is -0.324. The van der Waals surface area contributed by atoms with Gasteiger partial charge in [0.15, 0.2) is 0 Å². The lowest BCUT2D eigenvalue weighted by Crippen LogP contribution is -2.18. The van der Waals surface area contributed by atoms with Crippen LogP contribution in [0.5, 0.6) is 0 Å². The van der Waals surface area contributed by atoms with Crippen LogP contribution in [0.4, 0.5) is 0 Å². The molecule has 0 aliphatic carbocycles. The van der Waals surface area contributed by atoms with E-state index >= 15 is 0 Å². The van der Waals surface area contributed by atoms with Gasteiger partial charge in [-0.05, 0) is 13.3 Å². The molecule has 0 spiro atoms. The zero-order valence-corrected chi connectivity index (χ0v) is 8.75. The third kappa shape index (κ3) is 3.85. The standard InChI is InChI=1S/C9H15NO2S/c1-7(12-2)3-8(11)4-9-5-10-6-13-9/h5-8,11H,3-4H2,1-2H3. The van der Waals surface area contributed by atoms with Gasteiger partial charge < -0.3 is 9.84 Å². The van der Waals surface area contributed by atoms with Crippen LogP contribution in [0.15, 0.2) is 11.7 Å². The first-order valence-electron chi connectivity index (χ1n) is 4.30. The highest BCUT2D eigenvalue weighted by atomic mass is 32.1. The minimum Gasteiger partial charge on any atom is -0.393 e. The second kappa shape index (κ2) is 5.32. The highest BCUT2D eigenvalue weighted by Crippen LogP contribution is 2.12. The first-order valence-corrected chi connectivity index (χ1v) is 5.18. The predicted octanol–water partition coefficient (Wildman–Crippen LogP) is 1.47. The molecule has 74 valence electrons. The van der Waals surface area contributed by atoms with Gasteiger partial charge in [0, 0.05) is 24.6 Å². The summed E-state index contributed by atoms with van der Waals surface area (Å²) in [6.45, 7) is 1.95. The number of hydrogen-bond acceptors (Lipinski definition) is 4. The summed E-state index contributed by atoms with van der Waals surface area (Å²) in [5.74, 6) is 0. The van der Waals surface area contributed by atoms with Gasteiger partial charge >= 0.3 is 0 Å². The summed E-state index contributed by atoms with van der Waals surface area (Å²) in [5.41, 5.74) is 1.78. The summed E-state index contributed by atoms with van der Waals surface area (Å²) in [6, 6.07) is 0. The Kier molecular flexibility index (Phi) is 4.35. The molecule has 0 aliphatic heterocycles. The van der Waals surface area contributed by atoms with E-state index in [1.165, 1.54) is 0 Å². The smallest absolute Gasteiger partial charge is 0.0794 e. The van der Waals surface area contributed by atoms with E-state index < -0.39 is 0 Å².